The lowest BCUT2D eigenvalue weighted by atomic mass is 9.99. The number of benzene rings is 1. The summed E-state index contributed by atoms with van der Waals surface area (Å²) in [5, 5.41) is 0. The molecule has 2 rings (SSSR count). The molecule has 8 heteroatoms. The highest BCUT2D eigenvalue weighted by molar-refractivity contribution is 7.17. The van der Waals surface area contributed by atoms with Gasteiger partial charge in [-0.15, -0.1) is 0 Å². The summed E-state index contributed by atoms with van der Waals surface area (Å²) < 4.78 is 67.5. The van der Waals surface area contributed by atoms with Crippen molar-refractivity contribution in [3.63, 3.8) is 0 Å². The molecule has 1 unspecified atom stereocenters. The van der Waals surface area contributed by atoms with Crippen LogP contribution < -0.4 is 5.56 Å². The zero-order valence-electron chi connectivity index (χ0n) is 12.9. The number of hydrogen-bond donors (Lipinski definition) is 0. The number of hydrogen-bond acceptors (Lipinski definition) is 1. The SMILES string of the molecule is Cc1cccc(Cc2c(C(F)(F)F)cc(C(F)(F)P)n(C)c2=O)c1. The largest absolute Gasteiger partial charge is 0.416 e. The fraction of sp³-hybridized carbons (Fsp3) is 0.312. The number of aromatic nitrogens is 1. The van der Waals surface area contributed by atoms with Gasteiger partial charge in [0, 0.05) is 19.0 Å². The second-order valence-corrected chi connectivity index (χ2v) is 6.30. The summed E-state index contributed by atoms with van der Waals surface area (Å²) in [7, 11) is 2.19. The number of pyridine rings is 1. The number of alkyl halides is 5. The van der Waals surface area contributed by atoms with E-state index in [2.05, 4.69) is 0 Å². The molecule has 2 aromatic rings. The fourth-order valence-electron chi connectivity index (χ4n) is 2.52. The maximum atomic E-state index is 13.5. The normalized spacial score (nSPS) is 12.5. The maximum absolute atomic E-state index is 13.5. The lowest BCUT2D eigenvalue weighted by Crippen LogP contribution is -2.31. The van der Waals surface area contributed by atoms with Crippen LogP contribution in [0.3, 0.4) is 0 Å². The van der Waals surface area contributed by atoms with Gasteiger partial charge in [0.15, 0.2) is 0 Å². The molecule has 24 heavy (non-hydrogen) atoms. The Hall–Kier alpha value is -1.75. The first-order valence-corrected chi connectivity index (χ1v) is 7.52. The quantitative estimate of drug-likeness (QED) is 0.591. The highest BCUT2D eigenvalue weighted by Crippen LogP contribution is 2.38. The van der Waals surface area contributed by atoms with Crippen molar-refractivity contribution in [2.45, 2.75) is 25.2 Å². The average molecular weight is 363 g/mol. The van der Waals surface area contributed by atoms with E-state index in [0.717, 1.165) is 21.9 Å². The van der Waals surface area contributed by atoms with Crippen molar-refractivity contribution < 1.29 is 22.0 Å². The Bertz CT molecular complexity index is 821. The maximum Gasteiger partial charge on any atom is 0.416 e. The van der Waals surface area contributed by atoms with Crippen LogP contribution in [0.25, 0.3) is 0 Å². The summed E-state index contributed by atoms with van der Waals surface area (Å²) in [4.78, 5) is 12.3. The summed E-state index contributed by atoms with van der Waals surface area (Å²) in [5.74, 6) is 0. The zero-order valence-corrected chi connectivity index (χ0v) is 14.1. The van der Waals surface area contributed by atoms with Crippen molar-refractivity contribution in [1.82, 2.24) is 4.57 Å². The van der Waals surface area contributed by atoms with Crippen LogP contribution in [0, 0.1) is 6.92 Å². The molecule has 1 heterocycles. The molecule has 0 amide bonds. The molecular weight excluding hydrogens is 348 g/mol. The van der Waals surface area contributed by atoms with Crippen molar-refractivity contribution in [2.24, 2.45) is 7.05 Å². The van der Waals surface area contributed by atoms with E-state index in [1.54, 1.807) is 31.2 Å². The summed E-state index contributed by atoms with van der Waals surface area (Å²) in [6, 6.07) is 7.01. The van der Waals surface area contributed by atoms with Crippen LogP contribution in [0.1, 0.15) is 27.9 Å². The van der Waals surface area contributed by atoms with Crippen molar-refractivity contribution >= 4 is 9.24 Å². The molecule has 0 radical (unpaired) electrons. The van der Waals surface area contributed by atoms with Gasteiger partial charge in [0.2, 0.25) is 0 Å². The molecule has 2 nitrogen and oxygen atoms in total. The first-order valence-electron chi connectivity index (χ1n) is 6.94. The van der Waals surface area contributed by atoms with Gasteiger partial charge >= 0.3 is 6.18 Å². The molecule has 0 spiro atoms. The minimum atomic E-state index is -4.91. The van der Waals surface area contributed by atoms with Crippen molar-refractivity contribution in [3.05, 3.63) is 68.6 Å². The Balaban J connectivity index is 2.71. The molecule has 1 atom stereocenters. The number of halogens is 5. The predicted octanol–water partition coefficient (Wildman–Crippen LogP) is 4.23. The minimum Gasteiger partial charge on any atom is -0.309 e. The Labute approximate surface area is 137 Å². The first kappa shape index (κ1) is 18.6. The number of aryl methyl sites for hydroxylation is 1. The van der Waals surface area contributed by atoms with E-state index in [4.69, 9.17) is 0 Å². The topological polar surface area (TPSA) is 22.0 Å². The molecule has 130 valence electrons. The van der Waals surface area contributed by atoms with Crippen LogP contribution in [0.5, 0.6) is 0 Å². The summed E-state index contributed by atoms with van der Waals surface area (Å²) in [6.07, 6.45) is -5.19. The lowest BCUT2D eigenvalue weighted by molar-refractivity contribution is -0.138. The molecule has 0 aliphatic carbocycles. The second-order valence-electron chi connectivity index (χ2n) is 5.57. The third-order valence-electron chi connectivity index (χ3n) is 3.64. The first-order chi connectivity index (χ1) is 10.9. The third kappa shape index (κ3) is 3.83. The molecule has 1 aromatic carbocycles. The van der Waals surface area contributed by atoms with Gasteiger partial charge in [-0.1, -0.05) is 39.1 Å². The summed E-state index contributed by atoms with van der Waals surface area (Å²) in [5.41, 5.74) is -6.27. The molecule has 1 aromatic heterocycles. The van der Waals surface area contributed by atoms with Gasteiger partial charge in [0.1, 0.15) is 0 Å². The Morgan fingerprint density at radius 2 is 1.75 bits per heavy atom. The van der Waals surface area contributed by atoms with Gasteiger partial charge in [-0.25, -0.2) is 0 Å². The van der Waals surface area contributed by atoms with Gasteiger partial charge in [0.25, 0.3) is 11.2 Å². The second kappa shape index (κ2) is 6.28. The van der Waals surface area contributed by atoms with Crippen molar-refractivity contribution in [2.75, 3.05) is 0 Å². The van der Waals surface area contributed by atoms with Gasteiger partial charge in [0.05, 0.1) is 11.3 Å². The monoisotopic (exact) mass is 363 g/mol. The van der Waals surface area contributed by atoms with Crippen LogP contribution in [-0.2, 0) is 25.3 Å². The van der Waals surface area contributed by atoms with Gasteiger partial charge < -0.3 is 4.57 Å². The molecule has 0 saturated heterocycles. The fourth-order valence-corrected chi connectivity index (χ4v) is 2.79. The third-order valence-corrected chi connectivity index (χ3v) is 3.94. The van der Waals surface area contributed by atoms with E-state index in [1.807, 2.05) is 0 Å². The zero-order chi connectivity index (χ0) is 18.3. The average Bonchev–Trinajstić information content (AvgIpc) is 2.41. The van der Waals surface area contributed by atoms with Gasteiger partial charge in [-0.3, -0.25) is 4.79 Å². The molecule has 0 saturated carbocycles. The smallest absolute Gasteiger partial charge is 0.309 e. The van der Waals surface area contributed by atoms with E-state index in [-0.39, 0.29) is 6.42 Å². The summed E-state index contributed by atoms with van der Waals surface area (Å²) >= 11 is 0. The molecule has 0 bridgehead atoms. The minimum absolute atomic E-state index is 0.286. The van der Waals surface area contributed by atoms with Crippen molar-refractivity contribution in [1.29, 1.82) is 0 Å². The van der Waals surface area contributed by atoms with Crippen LogP contribution >= 0.6 is 9.24 Å². The van der Waals surface area contributed by atoms with E-state index < -0.39 is 34.2 Å². The van der Waals surface area contributed by atoms with E-state index in [1.165, 1.54) is 0 Å². The molecule has 0 aliphatic rings. The Morgan fingerprint density at radius 3 is 2.25 bits per heavy atom. The van der Waals surface area contributed by atoms with Gasteiger partial charge in [-0.05, 0) is 18.6 Å². The highest BCUT2D eigenvalue weighted by Gasteiger charge is 2.39. The van der Waals surface area contributed by atoms with Crippen LogP contribution in [0.15, 0.2) is 35.1 Å². The van der Waals surface area contributed by atoms with Crippen LogP contribution in [-0.4, -0.2) is 4.57 Å². The Morgan fingerprint density at radius 1 is 1.12 bits per heavy atom. The van der Waals surface area contributed by atoms with Crippen molar-refractivity contribution in [3.8, 4) is 0 Å². The number of nitrogens with zero attached hydrogens (tertiary/aromatic N) is 1. The standard InChI is InChI=1S/C16H15F5NOP/c1-9-4-3-5-10(6-9)7-11-12(15(17,18)19)8-13(16(20,21)24)22(2)14(11)23/h3-6,8H,7,24H2,1-2H3. The van der Waals surface area contributed by atoms with E-state index >= 15 is 0 Å². The van der Waals surface area contributed by atoms with E-state index in [9.17, 15) is 26.7 Å². The van der Waals surface area contributed by atoms with Crippen LogP contribution in [0.2, 0.25) is 0 Å². The summed E-state index contributed by atoms with van der Waals surface area (Å²) in [6.45, 7) is 1.77. The van der Waals surface area contributed by atoms with Gasteiger partial charge in [-0.2, -0.15) is 22.0 Å². The molecular formula is C16H15F5NOP. The molecule has 0 aliphatic heterocycles. The van der Waals surface area contributed by atoms with E-state index in [0.29, 0.717) is 16.2 Å². The molecule has 0 fully saturated rings. The molecule has 0 N–H and O–H groups in total. The Kier molecular flexibility index (Phi) is 4.86. The predicted molar refractivity (Wildman–Crippen MR) is 84.3 cm³/mol. The van der Waals surface area contributed by atoms with Crippen LogP contribution in [0.4, 0.5) is 22.0 Å². The highest BCUT2D eigenvalue weighted by atomic mass is 31.0. The number of rotatable bonds is 3. The lowest BCUT2D eigenvalue weighted by Gasteiger charge is -2.20.